The molecule has 6 heteroatoms. The third-order valence-electron chi connectivity index (χ3n) is 4.19. The molecule has 2 amide bonds. The summed E-state index contributed by atoms with van der Waals surface area (Å²) in [6, 6.07) is 5.72. The first-order chi connectivity index (χ1) is 11.5. The lowest BCUT2D eigenvalue weighted by atomic mass is 10.2. The molecule has 5 nitrogen and oxygen atoms in total. The summed E-state index contributed by atoms with van der Waals surface area (Å²) in [4.78, 5) is 16.0. The number of hydrogen-bond acceptors (Lipinski definition) is 3. The van der Waals surface area contributed by atoms with Crippen molar-refractivity contribution >= 4 is 11.7 Å². The van der Waals surface area contributed by atoms with Crippen molar-refractivity contribution in [2.24, 2.45) is 0 Å². The van der Waals surface area contributed by atoms with Gasteiger partial charge >= 0.3 is 6.03 Å². The van der Waals surface area contributed by atoms with Crippen LogP contribution in [0.5, 0.6) is 0 Å². The van der Waals surface area contributed by atoms with Crippen LogP contribution in [-0.2, 0) is 4.74 Å². The molecule has 0 aliphatic carbocycles. The van der Waals surface area contributed by atoms with Crippen LogP contribution in [0.2, 0.25) is 0 Å². The van der Waals surface area contributed by atoms with Gasteiger partial charge in [0.1, 0.15) is 5.82 Å². The maximum absolute atomic E-state index is 12.9. The molecule has 24 heavy (non-hydrogen) atoms. The monoisotopic (exact) mass is 337 g/mol. The molecule has 1 aromatic rings. The van der Waals surface area contributed by atoms with E-state index in [1.165, 1.54) is 17.0 Å². The molecule has 2 atom stereocenters. The number of nitrogens with zero attached hydrogens (tertiary/aromatic N) is 2. The fourth-order valence-electron chi connectivity index (χ4n) is 3.02. The average Bonchev–Trinajstić information content (AvgIpc) is 2.53. The highest BCUT2D eigenvalue weighted by atomic mass is 19.1. The van der Waals surface area contributed by atoms with Gasteiger partial charge in [-0.3, -0.25) is 9.80 Å². The number of morpholine rings is 1. The number of hydrogen-bond donors (Lipinski definition) is 1. The Labute approximate surface area is 143 Å². The van der Waals surface area contributed by atoms with Crippen molar-refractivity contribution in [1.29, 1.82) is 0 Å². The predicted octanol–water partition coefficient (Wildman–Crippen LogP) is 2.86. The SMILES string of the molecule is C[C@@H]1CN(CCCCNC(=O)N(C)c2ccc(F)cc2)C[C@@H](C)O1. The van der Waals surface area contributed by atoms with E-state index in [0.717, 1.165) is 32.5 Å². The molecule has 0 bridgehead atoms. The van der Waals surface area contributed by atoms with E-state index in [1.807, 2.05) is 0 Å². The van der Waals surface area contributed by atoms with Crippen molar-refractivity contribution in [2.75, 3.05) is 38.1 Å². The molecule has 1 aliphatic heterocycles. The minimum absolute atomic E-state index is 0.171. The van der Waals surface area contributed by atoms with Crippen molar-refractivity contribution < 1.29 is 13.9 Å². The minimum atomic E-state index is -0.306. The topological polar surface area (TPSA) is 44.8 Å². The third-order valence-corrected chi connectivity index (χ3v) is 4.19. The standard InChI is InChI=1S/C18H28FN3O2/c1-14-12-22(13-15(2)24-14)11-5-4-10-20-18(23)21(3)17-8-6-16(19)7-9-17/h6-9,14-15H,4-5,10-13H2,1-3H3,(H,20,23)/t14-,15-/m1/s1. The van der Waals surface area contributed by atoms with Gasteiger partial charge in [0.25, 0.3) is 0 Å². The van der Waals surface area contributed by atoms with Gasteiger partial charge < -0.3 is 10.1 Å². The molecule has 0 spiro atoms. The molecular weight excluding hydrogens is 309 g/mol. The van der Waals surface area contributed by atoms with Crippen LogP contribution in [0.1, 0.15) is 26.7 Å². The Balaban J connectivity index is 1.63. The zero-order chi connectivity index (χ0) is 17.5. The van der Waals surface area contributed by atoms with Crippen LogP contribution < -0.4 is 10.2 Å². The summed E-state index contributed by atoms with van der Waals surface area (Å²) in [5, 5.41) is 2.90. The predicted molar refractivity (Wildman–Crippen MR) is 93.9 cm³/mol. The molecule has 0 unspecified atom stereocenters. The largest absolute Gasteiger partial charge is 0.373 e. The van der Waals surface area contributed by atoms with Crippen LogP contribution in [0.4, 0.5) is 14.9 Å². The van der Waals surface area contributed by atoms with E-state index < -0.39 is 0 Å². The van der Waals surface area contributed by atoms with Crippen molar-refractivity contribution in [1.82, 2.24) is 10.2 Å². The molecule has 1 aromatic carbocycles. The zero-order valence-electron chi connectivity index (χ0n) is 14.8. The number of carbonyl (C=O) groups is 1. The van der Waals surface area contributed by atoms with E-state index in [1.54, 1.807) is 19.2 Å². The van der Waals surface area contributed by atoms with Crippen LogP contribution in [0.15, 0.2) is 24.3 Å². The van der Waals surface area contributed by atoms with Gasteiger partial charge in [0.15, 0.2) is 0 Å². The van der Waals surface area contributed by atoms with Gasteiger partial charge in [-0.15, -0.1) is 0 Å². The number of unbranched alkanes of at least 4 members (excludes halogenated alkanes) is 1. The second-order valence-corrected chi connectivity index (χ2v) is 6.49. The Morgan fingerprint density at radius 1 is 1.25 bits per heavy atom. The Morgan fingerprint density at radius 3 is 2.50 bits per heavy atom. The van der Waals surface area contributed by atoms with Gasteiger partial charge in [0.2, 0.25) is 0 Å². The van der Waals surface area contributed by atoms with Gasteiger partial charge in [-0.2, -0.15) is 0 Å². The highest BCUT2D eigenvalue weighted by Gasteiger charge is 2.21. The Bertz CT molecular complexity index is 514. The first-order valence-electron chi connectivity index (χ1n) is 8.60. The molecule has 1 saturated heterocycles. The number of amides is 2. The molecule has 1 heterocycles. The van der Waals surface area contributed by atoms with E-state index in [4.69, 9.17) is 4.74 Å². The molecule has 1 aliphatic rings. The van der Waals surface area contributed by atoms with E-state index in [-0.39, 0.29) is 24.1 Å². The van der Waals surface area contributed by atoms with Crippen molar-refractivity contribution in [3.63, 3.8) is 0 Å². The maximum atomic E-state index is 12.9. The van der Waals surface area contributed by atoms with Crippen LogP contribution in [-0.4, -0.2) is 56.4 Å². The van der Waals surface area contributed by atoms with Crippen LogP contribution in [0.3, 0.4) is 0 Å². The molecular formula is C18H28FN3O2. The van der Waals surface area contributed by atoms with E-state index in [0.29, 0.717) is 12.2 Å². The molecule has 1 fully saturated rings. The summed E-state index contributed by atoms with van der Waals surface area (Å²) in [7, 11) is 1.68. The lowest BCUT2D eigenvalue weighted by Crippen LogP contribution is -2.45. The second-order valence-electron chi connectivity index (χ2n) is 6.49. The summed E-state index contributed by atoms with van der Waals surface area (Å²) in [5.74, 6) is -0.306. The van der Waals surface area contributed by atoms with Gasteiger partial charge in [-0.25, -0.2) is 9.18 Å². The molecule has 0 radical (unpaired) electrons. The highest BCUT2D eigenvalue weighted by Crippen LogP contribution is 2.13. The Kier molecular flexibility index (Phi) is 6.99. The van der Waals surface area contributed by atoms with Gasteiger partial charge in [0, 0.05) is 32.4 Å². The lowest BCUT2D eigenvalue weighted by molar-refractivity contribution is -0.0681. The summed E-state index contributed by atoms with van der Waals surface area (Å²) in [5.41, 5.74) is 0.671. The van der Waals surface area contributed by atoms with Gasteiger partial charge in [-0.1, -0.05) is 0 Å². The fraction of sp³-hybridized carbons (Fsp3) is 0.611. The van der Waals surface area contributed by atoms with E-state index in [9.17, 15) is 9.18 Å². The number of benzene rings is 1. The molecule has 0 aromatic heterocycles. The van der Waals surface area contributed by atoms with Gasteiger partial charge in [0.05, 0.1) is 12.2 Å². The Morgan fingerprint density at radius 2 is 1.88 bits per heavy atom. The number of nitrogens with one attached hydrogen (secondary N) is 1. The number of ether oxygens (including phenoxy) is 1. The first kappa shape index (κ1) is 18.7. The van der Waals surface area contributed by atoms with E-state index >= 15 is 0 Å². The van der Waals surface area contributed by atoms with Crippen molar-refractivity contribution in [3.8, 4) is 0 Å². The summed E-state index contributed by atoms with van der Waals surface area (Å²) < 4.78 is 18.6. The second kappa shape index (κ2) is 8.99. The molecule has 0 saturated carbocycles. The van der Waals surface area contributed by atoms with Crippen LogP contribution in [0.25, 0.3) is 0 Å². The quantitative estimate of drug-likeness (QED) is 0.812. The number of carbonyl (C=O) groups excluding carboxylic acids is 1. The zero-order valence-corrected chi connectivity index (χ0v) is 14.8. The Hall–Kier alpha value is -1.66. The summed E-state index contributed by atoms with van der Waals surface area (Å²) >= 11 is 0. The van der Waals surface area contributed by atoms with E-state index in [2.05, 4.69) is 24.1 Å². The third kappa shape index (κ3) is 5.76. The smallest absolute Gasteiger partial charge is 0.321 e. The first-order valence-corrected chi connectivity index (χ1v) is 8.60. The number of rotatable bonds is 6. The van der Waals surface area contributed by atoms with Crippen LogP contribution in [0, 0.1) is 5.82 Å². The fourth-order valence-corrected chi connectivity index (χ4v) is 3.02. The lowest BCUT2D eigenvalue weighted by Gasteiger charge is -2.35. The minimum Gasteiger partial charge on any atom is -0.373 e. The molecule has 2 rings (SSSR count). The normalized spacial score (nSPS) is 21.5. The summed E-state index contributed by atoms with van der Waals surface area (Å²) in [6.07, 6.45) is 2.55. The summed E-state index contributed by atoms with van der Waals surface area (Å²) in [6.45, 7) is 7.83. The maximum Gasteiger partial charge on any atom is 0.321 e. The molecule has 134 valence electrons. The van der Waals surface area contributed by atoms with Crippen LogP contribution >= 0.6 is 0 Å². The number of urea groups is 1. The molecule has 1 N–H and O–H groups in total. The highest BCUT2D eigenvalue weighted by molar-refractivity contribution is 5.91. The average molecular weight is 337 g/mol. The van der Waals surface area contributed by atoms with Crippen molar-refractivity contribution in [3.05, 3.63) is 30.1 Å². The van der Waals surface area contributed by atoms with Gasteiger partial charge in [-0.05, 0) is 57.5 Å². The number of halogens is 1. The number of anilines is 1. The van der Waals surface area contributed by atoms with Crippen molar-refractivity contribution in [2.45, 2.75) is 38.9 Å².